The van der Waals surface area contributed by atoms with Crippen LogP contribution >= 0.6 is 0 Å². The highest BCUT2D eigenvalue weighted by Gasteiger charge is 2.36. The third-order valence-corrected chi connectivity index (χ3v) is 7.13. The fourth-order valence-corrected chi connectivity index (χ4v) is 5.20. The zero-order valence-electron chi connectivity index (χ0n) is 22.9. The molecular weight excluding hydrogens is 487 g/mol. The SMILES string of the molecule is CC.CC.CC.CC1CCC(C(C)(N)CS(=O)c2ccc(Oc3ccc(OC(F)(F)F)cc3)cc2)C1. The van der Waals surface area contributed by atoms with Crippen LogP contribution in [0.15, 0.2) is 53.4 Å². The summed E-state index contributed by atoms with van der Waals surface area (Å²) in [6.07, 6.45) is -1.42. The van der Waals surface area contributed by atoms with Gasteiger partial charge in [0.1, 0.15) is 17.2 Å². The number of hydrogen-bond acceptors (Lipinski definition) is 4. The van der Waals surface area contributed by atoms with Crippen LogP contribution in [0, 0.1) is 11.8 Å². The van der Waals surface area contributed by atoms with Crippen molar-refractivity contribution in [3.63, 3.8) is 0 Å². The second-order valence-electron chi connectivity index (χ2n) is 8.20. The van der Waals surface area contributed by atoms with Crippen molar-refractivity contribution >= 4 is 10.8 Å². The highest BCUT2D eigenvalue weighted by molar-refractivity contribution is 7.85. The van der Waals surface area contributed by atoms with Crippen LogP contribution in [-0.2, 0) is 10.8 Å². The van der Waals surface area contributed by atoms with Gasteiger partial charge in [-0.2, -0.15) is 0 Å². The maximum Gasteiger partial charge on any atom is 0.573 e. The lowest BCUT2D eigenvalue weighted by molar-refractivity contribution is -0.274. The Kier molecular flexibility index (Phi) is 15.7. The van der Waals surface area contributed by atoms with Gasteiger partial charge >= 0.3 is 6.36 Å². The Morgan fingerprint density at radius 2 is 1.31 bits per heavy atom. The molecule has 1 aliphatic rings. The van der Waals surface area contributed by atoms with Gasteiger partial charge in [-0.05, 0) is 80.1 Å². The van der Waals surface area contributed by atoms with Crippen LogP contribution < -0.4 is 15.2 Å². The lowest BCUT2D eigenvalue weighted by atomic mass is 9.86. The molecule has 0 aliphatic heterocycles. The first-order valence-electron chi connectivity index (χ1n) is 12.8. The lowest BCUT2D eigenvalue weighted by Crippen LogP contribution is -2.48. The third kappa shape index (κ3) is 11.8. The average molecular weight is 532 g/mol. The molecule has 1 fully saturated rings. The number of nitrogens with two attached hydrogens (primary N) is 1. The van der Waals surface area contributed by atoms with Gasteiger partial charge in [-0.15, -0.1) is 13.2 Å². The highest BCUT2D eigenvalue weighted by atomic mass is 32.2. The standard InChI is InChI=1S/C22H26F3NO3S.3C2H6/c1-15-3-4-16(13-15)21(2,26)14-30(27)20-11-9-18(10-12-20)28-17-5-7-19(8-6-17)29-22(23,24)25;3*1-2/h5-12,15-16H,3-4,13-14,26H2,1-2H3;3*1-2H3. The Morgan fingerprint density at radius 1 is 0.861 bits per heavy atom. The smallest absolute Gasteiger partial charge is 0.457 e. The molecule has 206 valence electrons. The Balaban J connectivity index is 0.00000190. The zero-order valence-corrected chi connectivity index (χ0v) is 23.8. The molecule has 4 unspecified atom stereocenters. The number of halogens is 3. The molecule has 0 spiro atoms. The first-order valence-corrected chi connectivity index (χ1v) is 14.1. The van der Waals surface area contributed by atoms with Crippen molar-refractivity contribution in [2.45, 2.75) is 91.4 Å². The largest absolute Gasteiger partial charge is 0.573 e. The van der Waals surface area contributed by atoms with E-state index in [4.69, 9.17) is 10.5 Å². The Morgan fingerprint density at radius 3 is 1.72 bits per heavy atom. The number of benzene rings is 2. The van der Waals surface area contributed by atoms with Crippen molar-refractivity contribution in [2.75, 3.05) is 5.75 Å². The molecule has 2 aromatic rings. The van der Waals surface area contributed by atoms with E-state index < -0.39 is 22.7 Å². The van der Waals surface area contributed by atoms with Gasteiger partial charge in [0.25, 0.3) is 0 Å². The van der Waals surface area contributed by atoms with E-state index in [1.54, 1.807) is 24.3 Å². The third-order valence-electron chi connectivity index (χ3n) is 5.45. The van der Waals surface area contributed by atoms with Gasteiger partial charge in [0.15, 0.2) is 0 Å². The normalized spacial score (nSPS) is 19.1. The molecule has 2 N–H and O–H groups in total. The van der Waals surface area contributed by atoms with Gasteiger partial charge in [-0.3, -0.25) is 4.21 Å². The summed E-state index contributed by atoms with van der Waals surface area (Å²) in [6.45, 7) is 16.2. The molecular formula is C28H44F3NO3S. The van der Waals surface area contributed by atoms with Crippen molar-refractivity contribution in [1.82, 2.24) is 0 Å². The minimum Gasteiger partial charge on any atom is -0.457 e. The summed E-state index contributed by atoms with van der Waals surface area (Å²) in [5.41, 5.74) is 6.03. The molecule has 0 heterocycles. The zero-order chi connectivity index (χ0) is 27.9. The molecule has 4 nitrogen and oxygen atoms in total. The van der Waals surface area contributed by atoms with E-state index in [0.29, 0.717) is 34.0 Å². The Hall–Kier alpha value is -2.06. The Labute approximate surface area is 218 Å². The molecule has 1 aliphatic carbocycles. The predicted octanol–water partition coefficient (Wildman–Crippen LogP) is 8.72. The van der Waals surface area contributed by atoms with Crippen LogP contribution in [0.1, 0.15) is 74.7 Å². The molecule has 0 amide bonds. The van der Waals surface area contributed by atoms with Gasteiger partial charge < -0.3 is 15.2 Å². The second-order valence-corrected chi connectivity index (χ2v) is 9.65. The summed E-state index contributed by atoms with van der Waals surface area (Å²) in [5, 5.41) is 0. The lowest BCUT2D eigenvalue weighted by Gasteiger charge is -2.31. The molecule has 1 saturated carbocycles. The monoisotopic (exact) mass is 531 g/mol. The Bertz CT molecular complexity index is 869. The van der Waals surface area contributed by atoms with Crippen LogP contribution in [0.25, 0.3) is 0 Å². The molecule has 0 bridgehead atoms. The fourth-order valence-electron chi connectivity index (χ4n) is 3.79. The van der Waals surface area contributed by atoms with E-state index in [0.717, 1.165) is 12.8 Å². The molecule has 36 heavy (non-hydrogen) atoms. The maximum atomic E-state index is 12.8. The minimum atomic E-state index is -4.73. The summed E-state index contributed by atoms with van der Waals surface area (Å²) in [5.74, 6) is 1.97. The number of hydrogen-bond donors (Lipinski definition) is 1. The first kappa shape index (κ1) is 33.9. The van der Waals surface area contributed by atoms with Crippen LogP contribution in [0.5, 0.6) is 17.2 Å². The average Bonchev–Trinajstić information content (AvgIpc) is 3.31. The summed E-state index contributed by atoms with van der Waals surface area (Å²) >= 11 is 0. The highest BCUT2D eigenvalue weighted by Crippen LogP contribution is 2.37. The van der Waals surface area contributed by atoms with E-state index in [-0.39, 0.29) is 5.75 Å². The summed E-state index contributed by atoms with van der Waals surface area (Å²) in [6, 6.07) is 11.9. The minimum absolute atomic E-state index is 0.318. The van der Waals surface area contributed by atoms with Crippen molar-refractivity contribution < 1.29 is 26.9 Å². The quantitative estimate of drug-likeness (QED) is 0.388. The van der Waals surface area contributed by atoms with Gasteiger partial charge in [0.05, 0.1) is 10.8 Å². The maximum absolute atomic E-state index is 12.8. The molecule has 4 atom stereocenters. The van der Waals surface area contributed by atoms with E-state index in [2.05, 4.69) is 11.7 Å². The van der Waals surface area contributed by atoms with Crippen LogP contribution in [-0.4, -0.2) is 21.9 Å². The molecule has 3 rings (SSSR count). The van der Waals surface area contributed by atoms with Crippen molar-refractivity contribution in [3.05, 3.63) is 48.5 Å². The fraction of sp³-hybridized carbons (Fsp3) is 0.571. The number of ether oxygens (including phenoxy) is 2. The summed E-state index contributed by atoms with van der Waals surface area (Å²) in [7, 11) is -1.23. The predicted molar refractivity (Wildman–Crippen MR) is 144 cm³/mol. The van der Waals surface area contributed by atoms with Crippen LogP contribution in [0.3, 0.4) is 0 Å². The van der Waals surface area contributed by atoms with Crippen molar-refractivity contribution in [2.24, 2.45) is 17.6 Å². The first-order chi connectivity index (χ1) is 17.0. The second kappa shape index (κ2) is 16.6. The van der Waals surface area contributed by atoms with Gasteiger partial charge in [0, 0.05) is 16.2 Å². The van der Waals surface area contributed by atoms with E-state index in [1.807, 2.05) is 48.5 Å². The topological polar surface area (TPSA) is 61.6 Å². The molecule has 0 aromatic heterocycles. The molecule has 0 radical (unpaired) electrons. The van der Waals surface area contributed by atoms with Gasteiger partial charge in [0.2, 0.25) is 0 Å². The summed E-state index contributed by atoms with van der Waals surface area (Å²) in [4.78, 5) is 0.666. The van der Waals surface area contributed by atoms with E-state index >= 15 is 0 Å². The number of alkyl halides is 3. The van der Waals surface area contributed by atoms with E-state index in [1.165, 1.54) is 30.7 Å². The van der Waals surface area contributed by atoms with E-state index in [9.17, 15) is 17.4 Å². The van der Waals surface area contributed by atoms with Gasteiger partial charge in [-0.25, -0.2) is 0 Å². The van der Waals surface area contributed by atoms with Crippen molar-refractivity contribution in [1.29, 1.82) is 0 Å². The van der Waals surface area contributed by atoms with Crippen molar-refractivity contribution in [3.8, 4) is 17.2 Å². The summed E-state index contributed by atoms with van der Waals surface area (Å²) < 4.78 is 58.9. The molecule has 8 heteroatoms. The van der Waals surface area contributed by atoms with Crippen LogP contribution in [0.4, 0.5) is 13.2 Å². The van der Waals surface area contributed by atoms with Gasteiger partial charge in [-0.1, -0.05) is 54.9 Å². The molecule has 2 aromatic carbocycles. The van der Waals surface area contributed by atoms with Crippen LogP contribution in [0.2, 0.25) is 0 Å². The number of rotatable bonds is 7. The molecule has 0 saturated heterocycles.